The van der Waals surface area contributed by atoms with E-state index in [0.29, 0.717) is 0 Å². The first-order valence-corrected chi connectivity index (χ1v) is 6.94. The number of hydrogen-bond donors (Lipinski definition) is 1. The van der Waals surface area contributed by atoms with E-state index in [0.717, 1.165) is 24.8 Å². The van der Waals surface area contributed by atoms with Gasteiger partial charge in [0.2, 0.25) is 0 Å². The fourth-order valence-corrected chi connectivity index (χ4v) is 3.32. The Morgan fingerprint density at radius 3 is 2.41 bits per heavy atom. The standard InChI is InChI=1S/C15H22N2/c16-14-8-7-12-10-17(11-13(12)9-14)15-5-3-1-2-4-6-15/h7-9,15H,1-6,10-11,16H2. The molecule has 0 bridgehead atoms. The summed E-state index contributed by atoms with van der Waals surface area (Å²) in [7, 11) is 0. The van der Waals surface area contributed by atoms with E-state index in [1.54, 1.807) is 0 Å². The predicted octanol–water partition coefficient (Wildman–Crippen LogP) is 3.31. The SMILES string of the molecule is Nc1ccc2c(c1)CN(C1CCCCCC1)C2. The van der Waals surface area contributed by atoms with E-state index in [9.17, 15) is 0 Å². The molecule has 0 atom stereocenters. The van der Waals surface area contributed by atoms with Crippen LogP contribution in [-0.4, -0.2) is 10.9 Å². The van der Waals surface area contributed by atoms with Gasteiger partial charge in [0, 0.05) is 24.8 Å². The summed E-state index contributed by atoms with van der Waals surface area (Å²) in [6, 6.07) is 7.22. The van der Waals surface area contributed by atoms with Gasteiger partial charge in [-0.25, -0.2) is 0 Å². The third kappa shape index (κ3) is 2.32. The summed E-state index contributed by atoms with van der Waals surface area (Å²) >= 11 is 0. The maximum atomic E-state index is 5.86. The number of fused-ring (bicyclic) bond motifs is 1. The number of rotatable bonds is 1. The number of nitrogens with zero attached hydrogens (tertiary/aromatic N) is 1. The normalized spacial score (nSPS) is 22.4. The second kappa shape index (κ2) is 4.69. The van der Waals surface area contributed by atoms with Crippen molar-refractivity contribution in [3.05, 3.63) is 29.3 Å². The lowest BCUT2D eigenvalue weighted by molar-refractivity contribution is 0.181. The van der Waals surface area contributed by atoms with Crippen molar-refractivity contribution in [2.45, 2.75) is 57.7 Å². The molecule has 1 aromatic carbocycles. The molecular weight excluding hydrogens is 208 g/mol. The second-order valence-corrected chi connectivity index (χ2v) is 5.58. The van der Waals surface area contributed by atoms with Gasteiger partial charge in [-0.3, -0.25) is 4.90 Å². The summed E-state index contributed by atoms with van der Waals surface area (Å²) in [5.74, 6) is 0. The second-order valence-electron chi connectivity index (χ2n) is 5.58. The van der Waals surface area contributed by atoms with Gasteiger partial charge in [-0.1, -0.05) is 31.7 Å². The number of benzene rings is 1. The average Bonchev–Trinajstić information content (AvgIpc) is 2.57. The molecular formula is C15H22N2. The van der Waals surface area contributed by atoms with E-state index in [4.69, 9.17) is 5.73 Å². The van der Waals surface area contributed by atoms with Crippen molar-refractivity contribution in [2.75, 3.05) is 5.73 Å². The summed E-state index contributed by atoms with van der Waals surface area (Å²) in [5.41, 5.74) is 9.71. The number of hydrogen-bond acceptors (Lipinski definition) is 2. The zero-order chi connectivity index (χ0) is 11.7. The Kier molecular flexibility index (Phi) is 3.06. The van der Waals surface area contributed by atoms with Gasteiger partial charge >= 0.3 is 0 Å². The maximum Gasteiger partial charge on any atom is 0.0317 e. The molecule has 0 amide bonds. The molecule has 2 aliphatic rings. The Morgan fingerprint density at radius 2 is 1.65 bits per heavy atom. The van der Waals surface area contributed by atoms with Crippen LogP contribution in [0.25, 0.3) is 0 Å². The van der Waals surface area contributed by atoms with Gasteiger partial charge in [0.15, 0.2) is 0 Å². The largest absolute Gasteiger partial charge is 0.399 e. The molecule has 1 heterocycles. The number of nitrogens with two attached hydrogens (primary N) is 1. The summed E-state index contributed by atoms with van der Waals surface area (Å²) in [5, 5.41) is 0. The zero-order valence-electron chi connectivity index (χ0n) is 10.5. The predicted molar refractivity (Wildman–Crippen MR) is 71.6 cm³/mol. The molecule has 1 saturated carbocycles. The molecule has 0 unspecified atom stereocenters. The fraction of sp³-hybridized carbons (Fsp3) is 0.600. The molecule has 1 aliphatic heterocycles. The van der Waals surface area contributed by atoms with Crippen molar-refractivity contribution in [1.82, 2.24) is 4.90 Å². The van der Waals surface area contributed by atoms with E-state index in [1.165, 1.54) is 49.7 Å². The Morgan fingerprint density at radius 1 is 0.941 bits per heavy atom. The maximum absolute atomic E-state index is 5.86. The molecule has 2 nitrogen and oxygen atoms in total. The zero-order valence-corrected chi connectivity index (χ0v) is 10.5. The molecule has 0 radical (unpaired) electrons. The van der Waals surface area contributed by atoms with Crippen molar-refractivity contribution in [1.29, 1.82) is 0 Å². The molecule has 17 heavy (non-hydrogen) atoms. The van der Waals surface area contributed by atoms with E-state index < -0.39 is 0 Å². The van der Waals surface area contributed by atoms with Crippen molar-refractivity contribution in [3.8, 4) is 0 Å². The lowest BCUT2D eigenvalue weighted by Gasteiger charge is -2.26. The van der Waals surface area contributed by atoms with Gasteiger partial charge in [0.25, 0.3) is 0 Å². The number of anilines is 1. The summed E-state index contributed by atoms with van der Waals surface area (Å²) in [6.45, 7) is 2.26. The van der Waals surface area contributed by atoms with Crippen LogP contribution in [0.1, 0.15) is 49.7 Å². The van der Waals surface area contributed by atoms with Crippen molar-refractivity contribution in [2.24, 2.45) is 0 Å². The Bertz CT molecular complexity index is 392. The third-order valence-corrected chi connectivity index (χ3v) is 4.32. The minimum atomic E-state index is 0.811. The highest BCUT2D eigenvalue weighted by Gasteiger charge is 2.26. The van der Waals surface area contributed by atoms with Crippen LogP contribution in [-0.2, 0) is 13.1 Å². The van der Waals surface area contributed by atoms with Crippen LogP contribution < -0.4 is 5.73 Å². The van der Waals surface area contributed by atoms with Gasteiger partial charge in [0.1, 0.15) is 0 Å². The highest BCUT2D eigenvalue weighted by Crippen LogP contribution is 2.31. The third-order valence-electron chi connectivity index (χ3n) is 4.32. The van der Waals surface area contributed by atoms with Gasteiger partial charge in [0.05, 0.1) is 0 Å². The van der Waals surface area contributed by atoms with E-state index in [1.807, 2.05) is 6.07 Å². The van der Waals surface area contributed by atoms with Crippen LogP contribution in [0.2, 0.25) is 0 Å². The Balaban J connectivity index is 1.72. The van der Waals surface area contributed by atoms with Crippen molar-refractivity contribution in [3.63, 3.8) is 0 Å². The Hall–Kier alpha value is -1.02. The van der Waals surface area contributed by atoms with Crippen LogP contribution in [0.4, 0.5) is 5.69 Å². The van der Waals surface area contributed by atoms with Crippen LogP contribution in [0.5, 0.6) is 0 Å². The molecule has 1 aromatic rings. The molecule has 1 fully saturated rings. The molecule has 92 valence electrons. The molecule has 2 heteroatoms. The van der Waals surface area contributed by atoms with Crippen molar-refractivity contribution >= 4 is 5.69 Å². The number of nitrogen functional groups attached to an aromatic ring is 1. The average molecular weight is 230 g/mol. The molecule has 0 spiro atoms. The summed E-state index contributed by atoms with van der Waals surface area (Å²) in [6.07, 6.45) is 8.49. The van der Waals surface area contributed by atoms with Gasteiger partial charge in [-0.05, 0) is 36.1 Å². The van der Waals surface area contributed by atoms with Crippen LogP contribution in [0, 0.1) is 0 Å². The monoisotopic (exact) mass is 230 g/mol. The van der Waals surface area contributed by atoms with E-state index in [-0.39, 0.29) is 0 Å². The summed E-state index contributed by atoms with van der Waals surface area (Å²) in [4.78, 5) is 2.66. The van der Waals surface area contributed by atoms with Crippen LogP contribution in [0.15, 0.2) is 18.2 Å². The molecule has 3 rings (SSSR count). The minimum Gasteiger partial charge on any atom is -0.399 e. The first-order valence-electron chi connectivity index (χ1n) is 6.94. The van der Waals surface area contributed by atoms with Crippen LogP contribution in [0.3, 0.4) is 0 Å². The first kappa shape index (κ1) is 11.1. The molecule has 2 N–H and O–H groups in total. The fourth-order valence-electron chi connectivity index (χ4n) is 3.32. The quantitative estimate of drug-likeness (QED) is 0.592. The molecule has 0 saturated heterocycles. The smallest absolute Gasteiger partial charge is 0.0317 e. The van der Waals surface area contributed by atoms with Gasteiger partial charge in [-0.2, -0.15) is 0 Å². The van der Waals surface area contributed by atoms with Crippen LogP contribution >= 0.6 is 0 Å². The van der Waals surface area contributed by atoms with E-state index >= 15 is 0 Å². The topological polar surface area (TPSA) is 29.3 Å². The van der Waals surface area contributed by atoms with Crippen molar-refractivity contribution < 1.29 is 0 Å². The first-order chi connectivity index (χ1) is 8.33. The lowest BCUT2D eigenvalue weighted by atomic mass is 10.1. The minimum absolute atomic E-state index is 0.811. The van der Waals surface area contributed by atoms with Gasteiger partial charge < -0.3 is 5.73 Å². The van der Waals surface area contributed by atoms with Gasteiger partial charge in [-0.15, -0.1) is 0 Å². The molecule has 1 aliphatic carbocycles. The van der Waals surface area contributed by atoms with E-state index in [2.05, 4.69) is 17.0 Å². The highest BCUT2D eigenvalue weighted by molar-refractivity contribution is 5.46. The highest BCUT2D eigenvalue weighted by atomic mass is 15.2. The molecule has 0 aromatic heterocycles. The Labute approximate surface area is 104 Å². The lowest BCUT2D eigenvalue weighted by Crippen LogP contribution is -2.29. The summed E-state index contributed by atoms with van der Waals surface area (Å²) < 4.78 is 0.